The quantitative estimate of drug-likeness (QED) is 0.872. The molecule has 2 rings (SSSR count). The molecule has 0 aliphatic carbocycles. The Morgan fingerprint density at radius 2 is 1.88 bits per heavy atom. The first-order valence-corrected chi connectivity index (χ1v) is 6.27. The van der Waals surface area contributed by atoms with E-state index in [1.807, 2.05) is 6.07 Å². The van der Waals surface area contributed by atoms with Crippen molar-refractivity contribution in [3.8, 4) is 0 Å². The summed E-state index contributed by atoms with van der Waals surface area (Å²) in [7, 11) is 0. The number of hydrogen-bond donors (Lipinski definition) is 1. The summed E-state index contributed by atoms with van der Waals surface area (Å²) in [6.45, 7) is 0. The maximum absolute atomic E-state index is 6.02. The van der Waals surface area contributed by atoms with Crippen molar-refractivity contribution in [3.63, 3.8) is 0 Å². The fraction of sp³-hybridized carbons (Fsp3) is 0. The van der Waals surface area contributed by atoms with Gasteiger partial charge in [-0.1, -0.05) is 39.1 Å². The molecule has 0 unspecified atom stereocenters. The van der Waals surface area contributed by atoms with Crippen LogP contribution in [0.2, 0.25) is 15.5 Å². The maximum atomic E-state index is 6.02. The topological polar surface area (TPSA) is 50.7 Å². The first-order chi connectivity index (χ1) is 8.06. The zero-order valence-corrected chi connectivity index (χ0v) is 11.9. The second kappa shape index (κ2) is 5.35. The number of nitrogens with zero attached hydrogens (tertiary/aromatic N) is 3. The maximum Gasteiger partial charge on any atom is 0.245 e. The molecule has 8 heteroatoms. The van der Waals surface area contributed by atoms with E-state index in [-0.39, 0.29) is 10.4 Å². The van der Waals surface area contributed by atoms with E-state index < -0.39 is 0 Å². The van der Waals surface area contributed by atoms with Gasteiger partial charge in [0.2, 0.25) is 5.28 Å². The molecule has 0 atom stereocenters. The summed E-state index contributed by atoms with van der Waals surface area (Å²) in [4.78, 5) is 3.91. The van der Waals surface area contributed by atoms with Gasteiger partial charge in [0.15, 0.2) is 11.0 Å². The smallest absolute Gasteiger partial charge is 0.245 e. The van der Waals surface area contributed by atoms with E-state index in [0.29, 0.717) is 16.5 Å². The van der Waals surface area contributed by atoms with Crippen molar-refractivity contribution in [2.75, 3.05) is 5.32 Å². The zero-order valence-electron chi connectivity index (χ0n) is 8.09. The Balaban J connectivity index is 2.37. The molecule has 4 nitrogen and oxygen atoms in total. The van der Waals surface area contributed by atoms with Gasteiger partial charge in [0.05, 0.1) is 10.7 Å². The average molecular weight is 354 g/mol. The molecule has 0 saturated heterocycles. The largest absolute Gasteiger partial charge is 0.336 e. The third kappa shape index (κ3) is 3.19. The molecule has 1 heterocycles. The van der Waals surface area contributed by atoms with Crippen molar-refractivity contribution >= 4 is 62.2 Å². The fourth-order valence-electron chi connectivity index (χ4n) is 1.09. The van der Waals surface area contributed by atoms with Crippen molar-refractivity contribution in [3.05, 3.63) is 38.1 Å². The van der Waals surface area contributed by atoms with Gasteiger partial charge >= 0.3 is 0 Å². The number of nitrogens with one attached hydrogen (secondary N) is 1. The van der Waals surface area contributed by atoms with E-state index in [9.17, 15) is 0 Å². The first-order valence-electron chi connectivity index (χ1n) is 4.34. The summed E-state index contributed by atoms with van der Waals surface area (Å²) >= 11 is 20.8. The number of aromatic nitrogens is 3. The predicted octanol–water partition coefficient (Wildman–Crippen LogP) is 4.34. The minimum atomic E-state index is 0.00280. The average Bonchev–Trinajstić information content (AvgIpc) is 2.28. The highest BCUT2D eigenvalue weighted by Gasteiger charge is 2.08. The summed E-state index contributed by atoms with van der Waals surface area (Å²) in [6, 6.07) is 5.34. The van der Waals surface area contributed by atoms with E-state index in [1.165, 1.54) is 0 Å². The van der Waals surface area contributed by atoms with E-state index in [1.54, 1.807) is 12.1 Å². The van der Waals surface area contributed by atoms with Crippen LogP contribution in [0.25, 0.3) is 0 Å². The minimum absolute atomic E-state index is 0.00280. The number of hydrogen-bond acceptors (Lipinski definition) is 4. The molecule has 1 aromatic carbocycles. The van der Waals surface area contributed by atoms with Gasteiger partial charge in [-0.15, -0.1) is 10.2 Å². The van der Waals surface area contributed by atoms with E-state index >= 15 is 0 Å². The minimum Gasteiger partial charge on any atom is -0.336 e. The van der Waals surface area contributed by atoms with Crippen molar-refractivity contribution in [1.82, 2.24) is 15.2 Å². The molecule has 0 aliphatic heterocycles. The number of rotatable bonds is 2. The van der Waals surface area contributed by atoms with Gasteiger partial charge in [-0.3, -0.25) is 0 Å². The molecule has 0 aliphatic rings. The highest BCUT2D eigenvalue weighted by molar-refractivity contribution is 9.10. The van der Waals surface area contributed by atoms with E-state index in [0.717, 1.165) is 4.47 Å². The van der Waals surface area contributed by atoms with Crippen molar-refractivity contribution < 1.29 is 0 Å². The highest BCUT2D eigenvalue weighted by Crippen LogP contribution is 2.29. The fourth-order valence-corrected chi connectivity index (χ4v) is 1.87. The normalized spacial score (nSPS) is 10.4. The van der Waals surface area contributed by atoms with Crippen LogP contribution in [-0.4, -0.2) is 15.2 Å². The van der Waals surface area contributed by atoms with Gasteiger partial charge in [-0.2, -0.15) is 4.98 Å². The molecular weight excluding hydrogens is 350 g/mol. The third-order valence-corrected chi connectivity index (χ3v) is 3.04. The first kappa shape index (κ1) is 12.8. The monoisotopic (exact) mass is 352 g/mol. The van der Waals surface area contributed by atoms with Crippen LogP contribution < -0.4 is 5.32 Å². The second-order valence-corrected chi connectivity index (χ2v) is 4.99. The summed E-state index contributed by atoms with van der Waals surface area (Å²) in [5, 5.41) is 10.7. The van der Waals surface area contributed by atoms with Gasteiger partial charge in [0.1, 0.15) is 0 Å². The van der Waals surface area contributed by atoms with Gasteiger partial charge in [0.25, 0.3) is 0 Å². The SMILES string of the molecule is Clc1nnc(Cl)c(Nc2cc(Br)ccc2Cl)n1. The molecule has 2 aromatic rings. The molecule has 1 N–H and O–H groups in total. The second-order valence-electron chi connectivity index (χ2n) is 2.97. The molecule has 0 radical (unpaired) electrons. The Labute approximate surface area is 120 Å². The van der Waals surface area contributed by atoms with Crippen LogP contribution in [-0.2, 0) is 0 Å². The number of anilines is 2. The van der Waals surface area contributed by atoms with Gasteiger partial charge in [-0.25, -0.2) is 0 Å². The van der Waals surface area contributed by atoms with Crippen LogP contribution >= 0.6 is 50.7 Å². The third-order valence-electron chi connectivity index (χ3n) is 1.80. The van der Waals surface area contributed by atoms with Crippen molar-refractivity contribution in [2.24, 2.45) is 0 Å². The Bertz CT molecular complexity index is 514. The Kier molecular flexibility index (Phi) is 4.04. The van der Waals surface area contributed by atoms with Crippen LogP contribution in [0.3, 0.4) is 0 Å². The molecule has 0 amide bonds. The molecule has 0 spiro atoms. The van der Waals surface area contributed by atoms with E-state index in [2.05, 4.69) is 36.4 Å². The molecule has 88 valence electrons. The lowest BCUT2D eigenvalue weighted by Gasteiger charge is -2.08. The Morgan fingerprint density at radius 1 is 1.12 bits per heavy atom. The molecule has 0 fully saturated rings. The molecule has 0 saturated carbocycles. The lowest BCUT2D eigenvalue weighted by atomic mass is 10.3. The summed E-state index contributed by atoms with van der Waals surface area (Å²) in [5.74, 6) is 0.298. The molecule has 17 heavy (non-hydrogen) atoms. The zero-order chi connectivity index (χ0) is 12.4. The Morgan fingerprint density at radius 3 is 2.65 bits per heavy atom. The van der Waals surface area contributed by atoms with E-state index in [4.69, 9.17) is 34.8 Å². The summed E-state index contributed by atoms with van der Waals surface area (Å²) in [5.41, 5.74) is 0.638. The standard InChI is InChI=1S/C9H4BrCl3N4/c10-4-1-2-5(11)6(3-4)14-8-7(12)16-17-9(13)15-8/h1-3H,(H,14,15,17). The van der Waals surface area contributed by atoms with Crippen molar-refractivity contribution in [2.45, 2.75) is 0 Å². The highest BCUT2D eigenvalue weighted by atomic mass is 79.9. The van der Waals surface area contributed by atoms with Gasteiger partial charge in [-0.05, 0) is 29.8 Å². The van der Waals surface area contributed by atoms with Crippen molar-refractivity contribution in [1.29, 1.82) is 0 Å². The molecule has 0 bridgehead atoms. The molecular formula is C9H4BrCl3N4. The van der Waals surface area contributed by atoms with Gasteiger partial charge in [0, 0.05) is 4.47 Å². The van der Waals surface area contributed by atoms with Crippen LogP contribution in [0.5, 0.6) is 0 Å². The van der Waals surface area contributed by atoms with Crippen LogP contribution in [0.15, 0.2) is 22.7 Å². The lowest BCUT2D eigenvalue weighted by Crippen LogP contribution is -1.99. The number of halogens is 4. The van der Waals surface area contributed by atoms with Gasteiger partial charge < -0.3 is 5.32 Å². The summed E-state index contributed by atoms with van der Waals surface area (Å²) in [6.07, 6.45) is 0. The Hall–Kier alpha value is -0.620. The number of benzene rings is 1. The molecule has 1 aromatic heterocycles. The lowest BCUT2D eigenvalue weighted by molar-refractivity contribution is 0.975. The van der Waals surface area contributed by atoms with Crippen LogP contribution in [0, 0.1) is 0 Å². The summed E-state index contributed by atoms with van der Waals surface area (Å²) < 4.78 is 0.869. The predicted molar refractivity (Wildman–Crippen MR) is 72.3 cm³/mol. The van der Waals surface area contributed by atoms with Crippen LogP contribution in [0.1, 0.15) is 0 Å². The van der Waals surface area contributed by atoms with Crippen LogP contribution in [0.4, 0.5) is 11.5 Å².